The molecule has 1 aliphatic rings. The largest absolute Gasteiger partial charge is 0.497 e. The minimum absolute atomic E-state index is 0.00739. The lowest BCUT2D eigenvalue weighted by atomic mass is 9.73. The first-order valence-electron chi connectivity index (χ1n) is 8.98. The summed E-state index contributed by atoms with van der Waals surface area (Å²) in [6, 6.07) is 13.1. The molecule has 0 radical (unpaired) electrons. The zero-order valence-electron chi connectivity index (χ0n) is 15.5. The summed E-state index contributed by atoms with van der Waals surface area (Å²) in [5.74, 6) is 0.557. The van der Waals surface area contributed by atoms with Crippen molar-refractivity contribution in [3.63, 3.8) is 0 Å². The summed E-state index contributed by atoms with van der Waals surface area (Å²) >= 11 is 0. The van der Waals surface area contributed by atoms with Crippen molar-refractivity contribution < 1.29 is 24.3 Å². The molecule has 142 valence electrons. The van der Waals surface area contributed by atoms with Crippen LogP contribution in [-0.4, -0.2) is 42.7 Å². The fourth-order valence-corrected chi connectivity index (χ4v) is 3.41. The highest BCUT2D eigenvalue weighted by Crippen LogP contribution is 2.38. The highest BCUT2D eigenvalue weighted by Gasteiger charge is 2.33. The number of ether oxygens (including phenoxy) is 2. The Kier molecular flexibility index (Phi) is 6.03. The van der Waals surface area contributed by atoms with Gasteiger partial charge in [-0.2, -0.15) is 0 Å². The molecule has 0 bridgehead atoms. The van der Waals surface area contributed by atoms with Gasteiger partial charge in [-0.3, -0.25) is 4.79 Å². The molecule has 0 aromatic heterocycles. The molecular formula is C20H24BNO5. The number of aryl methyl sites for hydroxylation is 1. The molecule has 3 N–H and O–H groups in total. The third-order valence-electron chi connectivity index (χ3n) is 4.88. The average Bonchev–Trinajstić information content (AvgIpc) is 3.06. The smallest absolute Gasteiger partial charge is 0.475 e. The van der Waals surface area contributed by atoms with Crippen LogP contribution in [0, 0.1) is 6.92 Å². The third kappa shape index (κ3) is 4.62. The van der Waals surface area contributed by atoms with E-state index in [-0.39, 0.29) is 18.2 Å². The molecule has 0 fully saturated rings. The van der Waals surface area contributed by atoms with Crippen LogP contribution in [0.2, 0.25) is 0 Å². The Hall–Kier alpha value is -2.51. The van der Waals surface area contributed by atoms with Crippen LogP contribution in [-0.2, 0) is 11.2 Å². The molecule has 1 amide bonds. The summed E-state index contributed by atoms with van der Waals surface area (Å²) in [5.41, 5.74) is 2.93. The Balaban J connectivity index is 1.63. The average molecular weight is 369 g/mol. The van der Waals surface area contributed by atoms with Gasteiger partial charge in [-0.25, -0.2) is 0 Å². The molecule has 2 aromatic carbocycles. The summed E-state index contributed by atoms with van der Waals surface area (Å²) in [7, 11) is -0.0555. The van der Waals surface area contributed by atoms with Gasteiger partial charge in [0.1, 0.15) is 11.5 Å². The molecule has 1 heterocycles. The highest BCUT2D eigenvalue weighted by molar-refractivity contribution is 6.43. The van der Waals surface area contributed by atoms with Crippen LogP contribution in [0.4, 0.5) is 0 Å². The van der Waals surface area contributed by atoms with Crippen molar-refractivity contribution >= 4 is 13.0 Å². The van der Waals surface area contributed by atoms with Crippen LogP contribution in [0.15, 0.2) is 42.5 Å². The number of methoxy groups -OCH3 is 1. The molecule has 0 saturated carbocycles. The number of hydrogen-bond acceptors (Lipinski definition) is 5. The Morgan fingerprint density at radius 1 is 1.30 bits per heavy atom. The lowest BCUT2D eigenvalue weighted by Crippen LogP contribution is -2.47. The van der Waals surface area contributed by atoms with E-state index in [0.29, 0.717) is 13.0 Å². The van der Waals surface area contributed by atoms with Crippen molar-refractivity contribution in [3.05, 3.63) is 59.2 Å². The number of benzene rings is 2. The molecule has 3 rings (SSSR count). The first kappa shape index (κ1) is 19.3. The monoisotopic (exact) mass is 369 g/mol. The van der Waals surface area contributed by atoms with Gasteiger partial charge < -0.3 is 24.8 Å². The fraction of sp³-hybridized carbons (Fsp3) is 0.350. The number of para-hydroxylation sites is 1. The highest BCUT2D eigenvalue weighted by atomic mass is 16.5. The maximum atomic E-state index is 12.4. The molecule has 7 heteroatoms. The van der Waals surface area contributed by atoms with Crippen LogP contribution >= 0.6 is 0 Å². The molecule has 0 spiro atoms. The molecule has 1 aliphatic heterocycles. The van der Waals surface area contributed by atoms with E-state index in [2.05, 4.69) is 5.32 Å². The topological polar surface area (TPSA) is 88.0 Å². The van der Waals surface area contributed by atoms with Crippen LogP contribution in [0.3, 0.4) is 0 Å². The number of amides is 1. The maximum absolute atomic E-state index is 12.4. The van der Waals surface area contributed by atoms with Crippen LogP contribution in [0.1, 0.15) is 29.0 Å². The number of nitrogens with one attached hydrogen (secondary N) is 1. The first-order chi connectivity index (χ1) is 13.0. The van der Waals surface area contributed by atoms with E-state index >= 15 is 0 Å². The first-order valence-corrected chi connectivity index (χ1v) is 8.98. The van der Waals surface area contributed by atoms with E-state index in [1.807, 2.05) is 37.3 Å². The third-order valence-corrected chi connectivity index (χ3v) is 4.88. The van der Waals surface area contributed by atoms with Gasteiger partial charge in [0.15, 0.2) is 0 Å². The van der Waals surface area contributed by atoms with Gasteiger partial charge in [0, 0.05) is 11.5 Å². The zero-order chi connectivity index (χ0) is 19.4. The molecule has 6 nitrogen and oxygen atoms in total. The number of carbonyl (C=O) groups is 1. The van der Waals surface area contributed by atoms with Crippen molar-refractivity contribution in [2.75, 3.05) is 13.7 Å². The van der Waals surface area contributed by atoms with E-state index in [9.17, 15) is 14.8 Å². The molecule has 2 unspecified atom stereocenters. The summed E-state index contributed by atoms with van der Waals surface area (Å²) < 4.78 is 10.9. The fourth-order valence-electron chi connectivity index (χ4n) is 3.41. The molecule has 0 aliphatic carbocycles. The second kappa shape index (κ2) is 8.46. The predicted molar refractivity (Wildman–Crippen MR) is 103 cm³/mol. The summed E-state index contributed by atoms with van der Waals surface area (Å²) in [4.78, 5) is 12.4. The Labute approximate surface area is 159 Å². The second-order valence-corrected chi connectivity index (χ2v) is 6.85. The normalized spacial score (nSPS) is 16.2. The Morgan fingerprint density at radius 3 is 2.70 bits per heavy atom. The quantitative estimate of drug-likeness (QED) is 0.646. The number of rotatable bonds is 7. The van der Waals surface area contributed by atoms with E-state index < -0.39 is 13.1 Å². The zero-order valence-corrected chi connectivity index (χ0v) is 15.5. The van der Waals surface area contributed by atoms with E-state index in [0.717, 1.165) is 28.2 Å². The molecular weight excluding hydrogens is 345 g/mol. The van der Waals surface area contributed by atoms with E-state index in [1.54, 1.807) is 19.2 Å². The van der Waals surface area contributed by atoms with Crippen LogP contribution in [0.25, 0.3) is 0 Å². The van der Waals surface area contributed by atoms with E-state index in [4.69, 9.17) is 9.47 Å². The lowest BCUT2D eigenvalue weighted by molar-refractivity contribution is -0.120. The van der Waals surface area contributed by atoms with Gasteiger partial charge in [-0.1, -0.05) is 30.3 Å². The summed E-state index contributed by atoms with van der Waals surface area (Å²) in [5, 5.41) is 22.2. The van der Waals surface area contributed by atoms with Crippen LogP contribution < -0.4 is 14.8 Å². The van der Waals surface area contributed by atoms with Crippen LogP contribution in [0.5, 0.6) is 11.5 Å². The van der Waals surface area contributed by atoms with Crippen molar-refractivity contribution in [3.8, 4) is 11.5 Å². The summed E-state index contributed by atoms with van der Waals surface area (Å²) in [6.45, 7) is 2.45. The Morgan fingerprint density at radius 2 is 2.04 bits per heavy atom. The van der Waals surface area contributed by atoms with Crippen molar-refractivity contribution in [1.82, 2.24) is 5.32 Å². The van der Waals surface area contributed by atoms with Gasteiger partial charge in [0.25, 0.3) is 0 Å². The second-order valence-electron chi connectivity index (χ2n) is 6.85. The van der Waals surface area contributed by atoms with Gasteiger partial charge >= 0.3 is 7.12 Å². The standard InChI is InChI=1S/C20H24BNO5/c1-13-4-3-5-17-15(12-27-20(13)17)11-18(21(24)25)22-19(23)10-14-6-8-16(26-2)9-7-14/h3-9,15,18,24-25H,10-12H2,1-2H3,(H,22,23). The Bertz CT molecular complexity index is 793. The SMILES string of the molecule is COc1ccc(CC(=O)NC(CC2COc3c(C)cccc32)B(O)O)cc1. The molecule has 2 aromatic rings. The van der Waals surface area contributed by atoms with Gasteiger partial charge in [-0.15, -0.1) is 0 Å². The molecule has 0 saturated heterocycles. The lowest BCUT2D eigenvalue weighted by Gasteiger charge is -2.21. The van der Waals surface area contributed by atoms with Crippen molar-refractivity contribution in [2.45, 2.75) is 31.6 Å². The van der Waals surface area contributed by atoms with Crippen molar-refractivity contribution in [1.29, 1.82) is 0 Å². The van der Waals surface area contributed by atoms with Crippen molar-refractivity contribution in [2.24, 2.45) is 0 Å². The predicted octanol–water partition coefficient (Wildman–Crippen LogP) is 1.61. The summed E-state index contributed by atoms with van der Waals surface area (Å²) in [6.07, 6.45) is 0.548. The molecule has 27 heavy (non-hydrogen) atoms. The van der Waals surface area contributed by atoms with E-state index in [1.165, 1.54) is 0 Å². The number of fused-ring (bicyclic) bond motifs is 1. The number of carbonyl (C=O) groups excluding carboxylic acids is 1. The minimum atomic E-state index is -1.64. The minimum Gasteiger partial charge on any atom is -0.497 e. The van der Waals surface area contributed by atoms with Gasteiger partial charge in [0.05, 0.1) is 26.1 Å². The van der Waals surface area contributed by atoms with Gasteiger partial charge in [-0.05, 0) is 36.6 Å². The maximum Gasteiger partial charge on any atom is 0.475 e. The van der Waals surface area contributed by atoms with Gasteiger partial charge in [0.2, 0.25) is 5.91 Å². The molecule has 2 atom stereocenters. The number of hydrogen-bond donors (Lipinski definition) is 3.